The lowest BCUT2D eigenvalue weighted by molar-refractivity contribution is -0.121. The first-order chi connectivity index (χ1) is 13.2. The van der Waals surface area contributed by atoms with Crippen LogP contribution >= 0.6 is 0 Å². The van der Waals surface area contributed by atoms with Crippen molar-refractivity contribution in [2.24, 2.45) is 0 Å². The smallest absolute Gasteiger partial charge is 0.251 e. The fourth-order valence-corrected chi connectivity index (χ4v) is 2.45. The van der Waals surface area contributed by atoms with E-state index in [1.165, 1.54) is 0 Å². The summed E-state index contributed by atoms with van der Waals surface area (Å²) in [5, 5.41) is 9.29. The lowest BCUT2D eigenvalue weighted by Gasteiger charge is -2.06. The summed E-state index contributed by atoms with van der Waals surface area (Å²) < 4.78 is 5.17. The Morgan fingerprint density at radius 2 is 2.07 bits per heavy atom. The molecule has 0 spiro atoms. The summed E-state index contributed by atoms with van der Waals surface area (Å²) >= 11 is 0. The number of hydrogen-bond donors (Lipinski definition) is 2. The molecule has 8 heteroatoms. The molecule has 8 nitrogen and oxygen atoms in total. The van der Waals surface area contributed by atoms with Gasteiger partial charge < -0.3 is 15.2 Å². The van der Waals surface area contributed by atoms with Gasteiger partial charge in [0, 0.05) is 50.0 Å². The van der Waals surface area contributed by atoms with Crippen LogP contribution < -0.4 is 10.6 Å². The minimum Gasteiger partial charge on any atom is -0.355 e. The summed E-state index contributed by atoms with van der Waals surface area (Å²) in [7, 11) is 1.58. The Kier molecular flexibility index (Phi) is 5.88. The highest BCUT2D eigenvalue weighted by Crippen LogP contribution is 2.14. The molecule has 27 heavy (non-hydrogen) atoms. The van der Waals surface area contributed by atoms with Crippen LogP contribution in [0.3, 0.4) is 0 Å². The molecule has 2 amide bonds. The lowest BCUT2D eigenvalue weighted by Crippen LogP contribution is -2.23. The van der Waals surface area contributed by atoms with E-state index in [2.05, 4.69) is 25.8 Å². The van der Waals surface area contributed by atoms with Crippen LogP contribution in [0.25, 0.3) is 11.4 Å². The molecule has 0 unspecified atom stereocenters. The summed E-state index contributed by atoms with van der Waals surface area (Å²) in [4.78, 5) is 32.0. The maximum absolute atomic E-state index is 12.1. The third kappa shape index (κ3) is 4.97. The molecule has 0 fully saturated rings. The number of pyridine rings is 1. The van der Waals surface area contributed by atoms with E-state index < -0.39 is 0 Å². The predicted octanol–water partition coefficient (Wildman–Crippen LogP) is 1.74. The Hall–Kier alpha value is -3.55. The number of amides is 2. The monoisotopic (exact) mass is 365 g/mol. The molecule has 2 N–H and O–H groups in total. The standard InChI is InChI=1S/C19H19N5O3/c1-20-19(26)14-5-2-4-13(10-14)11-22-16(25)7-8-17-23-18(24-27-17)15-6-3-9-21-12-15/h2-6,9-10,12H,7-8,11H2,1H3,(H,20,26)(H,22,25). The van der Waals surface area contributed by atoms with Crippen LogP contribution in [-0.2, 0) is 17.8 Å². The van der Waals surface area contributed by atoms with Crippen LogP contribution in [0.1, 0.15) is 28.2 Å². The van der Waals surface area contributed by atoms with Crippen LogP contribution in [0.4, 0.5) is 0 Å². The van der Waals surface area contributed by atoms with E-state index in [1.807, 2.05) is 12.1 Å². The Labute approximate surface area is 156 Å². The molecule has 2 aromatic heterocycles. The van der Waals surface area contributed by atoms with Crippen molar-refractivity contribution in [3.05, 3.63) is 65.8 Å². The van der Waals surface area contributed by atoms with Crippen molar-refractivity contribution >= 4 is 11.8 Å². The lowest BCUT2D eigenvalue weighted by atomic mass is 10.1. The number of rotatable bonds is 7. The molecule has 0 atom stereocenters. The molecule has 0 bridgehead atoms. The highest BCUT2D eigenvalue weighted by atomic mass is 16.5. The van der Waals surface area contributed by atoms with E-state index in [4.69, 9.17) is 4.52 Å². The van der Waals surface area contributed by atoms with Gasteiger partial charge in [-0.3, -0.25) is 14.6 Å². The van der Waals surface area contributed by atoms with Crippen LogP contribution in [0, 0.1) is 0 Å². The molecule has 3 aromatic rings. The second-order valence-electron chi connectivity index (χ2n) is 5.81. The number of carbonyl (C=O) groups excluding carboxylic acids is 2. The number of nitrogens with zero attached hydrogens (tertiary/aromatic N) is 3. The molecule has 2 heterocycles. The van der Waals surface area contributed by atoms with E-state index in [0.29, 0.717) is 30.2 Å². The first-order valence-electron chi connectivity index (χ1n) is 8.46. The molecule has 138 valence electrons. The van der Waals surface area contributed by atoms with E-state index >= 15 is 0 Å². The number of carbonyl (C=O) groups is 2. The molecule has 3 rings (SSSR count). The summed E-state index contributed by atoms with van der Waals surface area (Å²) in [6.45, 7) is 0.342. The van der Waals surface area contributed by atoms with Crippen LogP contribution in [0.5, 0.6) is 0 Å². The van der Waals surface area contributed by atoms with Gasteiger partial charge in [0.15, 0.2) is 0 Å². The van der Waals surface area contributed by atoms with Crippen molar-refractivity contribution in [2.45, 2.75) is 19.4 Å². The number of benzene rings is 1. The molecule has 0 aliphatic heterocycles. The zero-order chi connectivity index (χ0) is 19.1. The Morgan fingerprint density at radius 3 is 2.85 bits per heavy atom. The highest BCUT2D eigenvalue weighted by molar-refractivity contribution is 5.94. The molecule has 0 saturated heterocycles. The van der Waals surface area contributed by atoms with Crippen LogP contribution in [-0.4, -0.2) is 34.0 Å². The Balaban J connectivity index is 1.49. The van der Waals surface area contributed by atoms with E-state index in [9.17, 15) is 9.59 Å². The van der Waals surface area contributed by atoms with Crippen molar-refractivity contribution in [3.63, 3.8) is 0 Å². The summed E-state index contributed by atoms with van der Waals surface area (Å²) in [5.74, 6) is 0.542. The van der Waals surface area contributed by atoms with Gasteiger partial charge in [0.2, 0.25) is 17.6 Å². The van der Waals surface area contributed by atoms with Crippen molar-refractivity contribution < 1.29 is 14.1 Å². The summed E-state index contributed by atoms with van der Waals surface area (Å²) in [6.07, 6.45) is 3.88. The molecular weight excluding hydrogens is 346 g/mol. The van der Waals surface area contributed by atoms with Crippen LogP contribution in [0.15, 0.2) is 53.3 Å². The third-order valence-corrected chi connectivity index (χ3v) is 3.86. The molecule has 1 aromatic carbocycles. The zero-order valence-corrected chi connectivity index (χ0v) is 14.8. The average molecular weight is 365 g/mol. The topological polar surface area (TPSA) is 110 Å². The van der Waals surface area contributed by atoms with Gasteiger partial charge in [0.1, 0.15) is 0 Å². The number of aromatic nitrogens is 3. The first-order valence-corrected chi connectivity index (χ1v) is 8.46. The molecule has 0 radical (unpaired) electrons. The zero-order valence-electron chi connectivity index (χ0n) is 14.8. The second kappa shape index (κ2) is 8.70. The van der Waals surface area contributed by atoms with E-state index in [-0.39, 0.29) is 18.2 Å². The average Bonchev–Trinajstić information content (AvgIpc) is 3.20. The van der Waals surface area contributed by atoms with Gasteiger partial charge >= 0.3 is 0 Å². The van der Waals surface area contributed by atoms with Gasteiger partial charge in [-0.15, -0.1) is 0 Å². The van der Waals surface area contributed by atoms with Gasteiger partial charge in [0.25, 0.3) is 5.91 Å². The Bertz CT molecular complexity index is 924. The maximum Gasteiger partial charge on any atom is 0.251 e. The largest absolute Gasteiger partial charge is 0.355 e. The number of nitrogens with one attached hydrogen (secondary N) is 2. The third-order valence-electron chi connectivity index (χ3n) is 3.86. The fraction of sp³-hybridized carbons (Fsp3) is 0.211. The molecule has 0 saturated carbocycles. The molecular formula is C19H19N5O3. The van der Waals surface area contributed by atoms with Crippen molar-refractivity contribution in [1.82, 2.24) is 25.8 Å². The first kappa shape index (κ1) is 18.2. The fourth-order valence-electron chi connectivity index (χ4n) is 2.45. The second-order valence-corrected chi connectivity index (χ2v) is 5.81. The predicted molar refractivity (Wildman–Crippen MR) is 97.5 cm³/mol. The van der Waals surface area contributed by atoms with Crippen LogP contribution in [0.2, 0.25) is 0 Å². The normalized spacial score (nSPS) is 10.4. The molecule has 0 aliphatic rings. The van der Waals surface area contributed by atoms with Gasteiger partial charge in [-0.25, -0.2) is 0 Å². The minimum atomic E-state index is -0.163. The van der Waals surface area contributed by atoms with Gasteiger partial charge in [-0.1, -0.05) is 17.3 Å². The summed E-state index contributed by atoms with van der Waals surface area (Å²) in [5.41, 5.74) is 2.16. The van der Waals surface area contributed by atoms with E-state index in [1.54, 1.807) is 43.7 Å². The van der Waals surface area contributed by atoms with Gasteiger partial charge in [0.05, 0.1) is 0 Å². The van der Waals surface area contributed by atoms with E-state index in [0.717, 1.165) is 11.1 Å². The quantitative estimate of drug-likeness (QED) is 0.660. The highest BCUT2D eigenvalue weighted by Gasteiger charge is 2.11. The molecule has 0 aliphatic carbocycles. The van der Waals surface area contributed by atoms with Crippen molar-refractivity contribution in [2.75, 3.05) is 7.05 Å². The van der Waals surface area contributed by atoms with Crippen molar-refractivity contribution in [3.8, 4) is 11.4 Å². The summed E-state index contributed by atoms with van der Waals surface area (Å²) in [6, 6.07) is 10.7. The number of aryl methyl sites for hydroxylation is 1. The van der Waals surface area contributed by atoms with Gasteiger partial charge in [-0.05, 0) is 29.8 Å². The SMILES string of the molecule is CNC(=O)c1cccc(CNC(=O)CCc2nc(-c3cccnc3)no2)c1. The minimum absolute atomic E-state index is 0.138. The number of hydrogen-bond acceptors (Lipinski definition) is 6. The Morgan fingerprint density at radius 1 is 1.19 bits per heavy atom. The van der Waals surface area contributed by atoms with Gasteiger partial charge in [-0.2, -0.15) is 4.98 Å². The maximum atomic E-state index is 12.1. The van der Waals surface area contributed by atoms with Crippen molar-refractivity contribution in [1.29, 1.82) is 0 Å².